The van der Waals surface area contributed by atoms with Gasteiger partial charge in [0, 0.05) is 19.1 Å². The maximum Gasteiger partial charge on any atom is 0.0195 e. The van der Waals surface area contributed by atoms with E-state index in [1.54, 1.807) is 0 Å². The summed E-state index contributed by atoms with van der Waals surface area (Å²) in [5.74, 6) is 0. The third-order valence-electron chi connectivity index (χ3n) is 4.11. The van der Waals surface area contributed by atoms with Gasteiger partial charge in [-0.25, -0.2) is 0 Å². The average molecular weight is 211 g/mol. The molecule has 15 heavy (non-hydrogen) atoms. The molecule has 0 radical (unpaired) electrons. The van der Waals surface area contributed by atoms with E-state index in [4.69, 9.17) is 5.73 Å². The number of rotatable bonds is 3. The van der Waals surface area contributed by atoms with Crippen LogP contribution in [0.15, 0.2) is 0 Å². The van der Waals surface area contributed by atoms with Gasteiger partial charge in [0.05, 0.1) is 0 Å². The summed E-state index contributed by atoms with van der Waals surface area (Å²) in [6.07, 6.45) is 4.01. The standard InChI is InChI=1S/C12H25N3/c1-11-8-14(2)6-3-7-15(11)10-12(9-13)4-5-12/h11H,3-10,13H2,1-2H3. The first-order chi connectivity index (χ1) is 7.15. The van der Waals surface area contributed by atoms with Gasteiger partial charge in [-0.2, -0.15) is 0 Å². The molecule has 0 amide bonds. The van der Waals surface area contributed by atoms with Crippen molar-refractivity contribution in [2.45, 2.75) is 32.2 Å². The molecule has 0 spiro atoms. The van der Waals surface area contributed by atoms with E-state index in [9.17, 15) is 0 Å². The first-order valence-electron chi connectivity index (χ1n) is 6.28. The molecule has 3 heteroatoms. The van der Waals surface area contributed by atoms with Crippen LogP contribution in [-0.4, -0.2) is 55.6 Å². The monoisotopic (exact) mass is 211 g/mol. The fraction of sp³-hybridized carbons (Fsp3) is 1.00. The van der Waals surface area contributed by atoms with E-state index in [0.29, 0.717) is 11.5 Å². The summed E-state index contributed by atoms with van der Waals surface area (Å²) < 4.78 is 0. The molecule has 0 aromatic heterocycles. The maximum absolute atomic E-state index is 5.86. The Labute approximate surface area is 93.6 Å². The number of hydrogen-bond acceptors (Lipinski definition) is 3. The van der Waals surface area contributed by atoms with Crippen LogP contribution in [0.4, 0.5) is 0 Å². The van der Waals surface area contributed by atoms with Crippen molar-refractivity contribution in [3.05, 3.63) is 0 Å². The second-order valence-corrected chi connectivity index (χ2v) is 5.64. The molecule has 1 unspecified atom stereocenters. The first-order valence-corrected chi connectivity index (χ1v) is 6.28. The average Bonchev–Trinajstić information content (AvgIpc) is 2.97. The molecule has 1 atom stereocenters. The van der Waals surface area contributed by atoms with Gasteiger partial charge in [-0.15, -0.1) is 0 Å². The van der Waals surface area contributed by atoms with Crippen LogP contribution in [0, 0.1) is 5.41 Å². The van der Waals surface area contributed by atoms with Gasteiger partial charge in [-0.1, -0.05) is 0 Å². The molecule has 1 saturated carbocycles. The minimum Gasteiger partial charge on any atom is -0.330 e. The lowest BCUT2D eigenvalue weighted by molar-refractivity contribution is 0.167. The summed E-state index contributed by atoms with van der Waals surface area (Å²) in [6.45, 7) is 8.18. The van der Waals surface area contributed by atoms with E-state index < -0.39 is 0 Å². The zero-order valence-electron chi connectivity index (χ0n) is 10.2. The molecule has 3 nitrogen and oxygen atoms in total. The molecular weight excluding hydrogens is 186 g/mol. The fourth-order valence-corrected chi connectivity index (χ4v) is 2.69. The van der Waals surface area contributed by atoms with E-state index in [1.165, 1.54) is 45.4 Å². The van der Waals surface area contributed by atoms with Crippen molar-refractivity contribution in [2.24, 2.45) is 11.1 Å². The quantitative estimate of drug-likeness (QED) is 0.748. The normalized spacial score (nSPS) is 32.6. The van der Waals surface area contributed by atoms with Gasteiger partial charge in [0.25, 0.3) is 0 Å². The van der Waals surface area contributed by atoms with Crippen molar-refractivity contribution in [3.63, 3.8) is 0 Å². The van der Waals surface area contributed by atoms with E-state index in [2.05, 4.69) is 23.8 Å². The van der Waals surface area contributed by atoms with Crippen LogP contribution in [-0.2, 0) is 0 Å². The van der Waals surface area contributed by atoms with Crippen LogP contribution in [0.2, 0.25) is 0 Å². The van der Waals surface area contributed by atoms with E-state index in [-0.39, 0.29) is 0 Å². The summed E-state index contributed by atoms with van der Waals surface area (Å²) in [5, 5.41) is 0. The van der Waals surface area contributed by atoms with Crippen LogP contribution < -0.4 is 5.73 Å². The minimum atomic E-state index is 0.497. The molecule has 88 valence electrons. The molecule has 2 rings (SSSR count). The van der Waals surface area contributed by atoms with Crippen molar-refractivity contribution in [3.8, 4) is 0 Å². The Hall–Kier alpha value is -0.120. The van der Waals surface area contributed by atoms with Crippen LogP contribution in [0.25, 0.3) is 0 Å². The largest absolute Gasteiger partial charge is 0.330 e. The molecule has 1 saturated heterocycles. The zero-order chi connectivity index (χ0) is 10.9. The SMILES string of the molecule is CC1CN(C)CCCN1CC1(CN)CC1. The Kier molecular flexibility index (Phi) is 3.33. The van der Waals surface area contributed by atoms with E-state index in [0.717, 1.165) is 6.54 Å². The fourth-order valence-electron chi connectivity index (χ4n) is 2.69. The highest BCUT2D eigenvalue weighted by molar-refractivity contribution is 4.97. The highest BCUT2D eigenvalue weighted by atomic mass is 15.2. The predicted molar refractivity (Wildman–Crippen MR) is 63.9 cm³/mol. The van der Waals surface area contributed by atoms with Gasteiger partial charge >= 0.3 is 0 Å². The summed E-state index contributed by atoms with van der Waals surface area (Å²) in [7, 11) is 2.23. The molecule has 0 aromatic rings. The van der Waals surface area contributed by atoms with Crippen LogP contribution in [0.3, 0.4) is 0 Å². The molecule has 2 fully saturated rings. The molecule has 1 aliphatic heterocycles. The van der Waals surface area contributed by atoms with Gasteiger partial charge in [0.2, 0.25) is 0 Å². The van der Waals surface area contributed by atoms with Crippen molar-refractivity contribution in [2.75, 3.05) is 39.8 Å². The van der Waals surface area contributed by atoms with Crippen molar-refractivity contribution in [1.29, 1.82) is 0 Å². The van der Waals surface area contributed by atoms with Gasteiger partial charge in [-0.3, -0.25) is 4.90 Å². The Bertz CT molecular complexity index is 213. The molecule has 2 N–H and O–H groups in total. The highest BCUT2D eigenvalue weighted by Gasteiger charge is 2.43. The molecular formula is C12H25N3. The summed E-state index contributed by atoms with van der Waals surface area (Å²) in [5.41, 5.74) is 6.36. The highest BCUT2D eigenvalue weighted by Crippen LogP contribution is 2.45. The molecule has 2 aliphatic rings. The molecule has 1 heterocycles. The van der Waals surface area contributed by atoms with Crippen LogP contribution in [0.1, 0.15) is 26.2 Å². The Morgan fingerprint density at radius 2 is 2.07 bits per heavy atom. The summed E-state index contributed by atoms with van der Waals surface area (Å²) in [4.78, 5) is 5.11. The Morgan fingerprint density at radius 1 is 1.33 bits per heavy atom. The topological polar surface area (TPSA) is 32.5 Å². The van der Waals surface area contributed by atoms with Crippen LogP contribution in [0.5, 0.6) is 0 Å². The lowest BCUT2D eigenvalue weighted by atomic mass is 10.1. The maximum atomic E-state index is 5.86. The van der Waals surface area contributed by atoms with Gasteiger partial charge in [0.1, 0.15) is 0 Å². The smallest absolute Gasteiger partial charge is 0.0195 e. The van der Waals surface area contributed by atoms with Crippen molar-refractivity contribution < 1.29 is 0 Å². The van der Waals surface area contributed by atoms with Crippen molar-refractivity contribution in [1.82, 2.24) is 9.80 Å². The first kappa shape index (κ1) is 11.4. The number of nitrogens with zero attached hydrogens (tertiary/aromatic N) is 2. The van der Waals surface area contributed by atoms with Gasteiger partial charge in [0.15, 0.2) is 0 Å². The zero-order valence-corrected chi connectivity index (χ0v) is 10.2. The summed E-state index contributed by atoms with van der Waals surface area (Å²) in [6, 6.07) is 0.696. The minimum absolute atomic E-state index is 0.497. The second-order valence-electron chi connectivity index (χ2n) is 5.64. The molecule has 1 aliphatic carbocycles. The Morgan fingerprint density at radius 3 is 2.67 bits per heavy atom. The number of likely N-dealkylation sites (N-methyl/N-ethyl adjacent to an activating group) is 1. The third-order valence-corrected chi connectivity index (χ3v) is 4.11. The number of nitrogens with two attached hydrogens (primary N) is 1. The second kappa shape index (κ2) is 4.40. The Balaban J connectivity index is 1.90. The molecule has 0 bridgehead atoms. The predicted octanol–water partition coefficient (Wildman–Crippen LogP) is 0.751. The van der Waals surface area contributed by atoms with E-state index >= 15 is 0 Å². The molecule has 0 aromatic carbocycles. The van der Waals surface area contributed by atoms with E-state index in [1.807, 2.05) is 0 Å². The number of hydrogen-bond donors (Lipinski definition) is 1. The lowest BCUT2D eigenvalue weighted by Crippen LogP contribution is -2.42. The van der Waals surface area contributed by atoms with Gasteiger partial charge < -0.3 is 10.6 Å². The summed E-state index contributed by atoms with van der Waals surface area (Å²) >= 11 is 0. The van der Waals surface area contributed by atoms with Gasteiger partial charge in [-0.05, 0) is 58.3 Å². The van der Waals surface area contributed by atoms with Crippen LogP contribution >= 0.6 is 0 Å². The third kappa shape index (κ3) is 2.71. The van der Waals surface area contributed by atoms with Crippen molar-refractivity contribution >= 4 is 0 Å². The lowest BCUT2D eigenvalue weighted by Gasteiger charge is -2.31.